The summed E-state index contributed by atoms with van der Waals surface area (Å²) < 4.78 is 14.6. The molecule has 2 amide bonds. The standard InChI is InChI=1S/C20H20BrFN2O2/c21-15-6-8-17(9-7-15)24-18(25)13-23-19(26)20(10-1-2-11-20)14-4-3-5-16(22)12-14/h3-9,12H,1-2,10-11,13H2,(H,23,26)(H,24,25). The topological polar surface area (TPSA) is 58.2 Å². The van der Waals surface area contributed by atoms with E-state index in [1.807, 2.05) is 12.1 Å². The smallest absolute Gasteiger partial charge is 0.243 e. The monoisotopic (exact) mass is 418 g/mol. The largest absolute Gasteiger partial charge is 0.346 e. The van der Waals surface area contributed by atoms with Gasteiger partial charge in [-0.25, -0.2) is 4.39 Å². The molecule has 4 nitrogen and oxygen atoms in total. The van der Waals surface area contributed by atoms with E-state index in [1.165, 1.54) is 12.1 Å². The molecule has 136 valence electrons. The Balaban J connectivity index is 1.65. The van der Waals surface area contributed by atoms with Crippen LogP contribution >= 0.6 is 15.9 Å². The van der Waals surface area contributed by atoms with E-state index in [0.717, 1.165) is 17.3 Å². The number of carbonyl (C=O) groups is 2. The minimum atomic E-state index is -0.750. The minimum Gasteiger partial charge on any atom is -0.346 e. The van der Waals surface area contributed by atoms with Crippen LogP contribution < -0.4 is 10.6 Å². The number of hydrogen-bond acceptors (Lipinski definition) is 2. The van der Waals surface area contributed by atoms with E-state index < -0.39 is 5.41 Å². The van der Waals surface area contributed by atoms with Gasteiger partial charge in [-0.05, 0) is 54.8 Å². The number of benzene rings is 2. The maximum absolute atomic E-state index is 13.6. The van der Waals surface area contributed by atoms with Gasteiger partial charge in [0.1, 0.15) is 5.82 Å². The van der Waals surface area contributed by atoms with Crippen LogP contribution in [0, 0.1) is 5.82 Å². The van der Waals surface area contributed by atoms with Gasteiger partial charge >= 0.3 is 0 Å². The minimum absolute atomic E-state index is 0.119. The third-order valence-electron chi connectivity index (χ3n) is 4.81. The summed E-state index contributed by atoms with van der Waals surface area (Å²) in [4.78, 5) is 25.0. The molecule has 1 aliphatic rings. The molecule has 0 aliphatic heterocycles. The SMILES string of the molecule is O=C(CNC(=O)C1(c2cccc(F)c2)CCCC1)Nc1ccc(Br)cc1. The Hall–Kier alpha value is -2.21. The van der Waals surface area contributed by atoms with Gasteiger partial charge in [0.15, 0.2) is 0 Å². The quantitative estimate of drug-likeness (QED) is 0.765. The maximum atomic E-state index is 13.6. The molecule has 1 aliphatic carbocycles. The highest BCUT2D eigenvalue weighted by atomic mass is 79.9. The molecule has 0 spiro atoms. The van der Waals surface area contributed by atoms with Crippen LogP contribution in [0.15, 0.2) is 53.0 Å². The summed E-state index contributed by atoms with van der Waals surface area (Å²) in [6.07, 6.45) is 3.15. The van der Waals surface area contributed by atoms with Crippen molar-refractivity contribution in [3.63, 3.8) is 0 Å². The van der Waals surface area contributed by atoms with E-state index >= 15 is 0 Å². The van der Waals surface area contributed by atoms with E-state index in [2.05, 4.69) is 26.6 Å². The molecule has 0 saturated heterocycles. The fraction of sp³-hybridized carbons (Fsp3) is 0.300. The lowest BCUT2D eigenvalue weighted by molar-refractivity contribution is -0.128. The summed E-state index contributed by atoms with van der Waals surface area (Å²) in [6.45, 7) is -0.119. The summed E-state index contributed by atoms with van der Waals surface area (Å²) in [5, 5.41) is 5.47. The van der Waals surface area contributed by atoms with E-state index in [1.54, 1.807) is 24.3 Å². The molecule has 0 radical (unpaired) electrons. The molecule has 2 aromatic carbocycles. The number of nitrogens with one attached hydrogen (secondary N) is 2. The molecule has 2 N–H and O–H groups in total. The number of amides is 2. The summed E-state index contributed by atoms with van der Waals surface area (Å²) in [7, 11) is 0. The molecule has 0 atom stereocenters. The van der Waals surface area contributed by atoms with E-state index in [0.29, 0.717) is 24.1 Å². The number of carbonyl (C=O) groups excluding carboxylic acids is 2. The second-order valence-electron chi connectivity index (χ2n) is 6.54. The zero-order valence-corrected chi connectivity index (χ0v) is 15.8. The van der Waals surface area contributed by atoms with Crippen LogP contribution in [-0.2, 0) is 15.0 Å². The molecule has 0 unspecified atom stereocenters. The Morgan fingerprint density at radius 1 is 1.08 bits per heavy atom. The third kappa shape index (κ3) is 4.12. The number of anilines is 1. The van der Waals surface area contributed by atoms with Crippen LogP contribution in [0.3, 0.4) is 0 Å². The zero-order valence-electron chi connectivity index (χ0n) is 14.2. The highest BCUT2D eigenvalue weighted by Crippen LogP contribution is 2.41. The molecule has 0 bridgehead atoms. The molecule has 26 heavy (non-hydrogen) atoms. The van der Waals surface area contributed by atoms with Crippen molar-refractivity contribution in [1.82, 2.24) is 5.32 Å². The van der Waals surface area contributed by atoms with Crippen molar-refractivity contribution in [2.45, 2.75) is 31.1 Å². The Kier molecular flexibility index (Phi) is 5.71. The van der Waals surface area contributed by atoms with Crippen LogP contribution in [0.5, 0.6) is 0 Å². The van der Waals surface area contributed by atoms with Gasteiger partial charge in [0, 0.05) is 10.2 Å². The zero-order chi connectivity index (χ0) is 18.6. The molecular formula is C20H20BrFN2O2. The molecule has 1 saturated carbocycles. The van der Waals surface area contributed by atoms with Crippen molar-refractivity contribution in [3.05, 3.63) is 64.4 Å². The van der Waals surface area contributed by atoms with Crippen molar-refractivity contribution < 1.29 is 14.0 Å². The number of halogens is 2. The fourth-order valence-electron chi connectivity index (χ4n) is 3.48. The molecular weight excluding hydrogens is 399 g/mol. The molecule has 0 heterocycles. The average molecular weight is 419 g/mol. The van der Waals surface area contributed by atoms with E-state index in [9.17, 15) is 14.0 Å². The number of rotatable bonds is 5. The Morgan fingerprint density at radius 2 is 1.77 bits per heavy atom. The normalized spacial score (nSPS) is 15.5. The van der Waals surface area contributed by atoms with Crippen molar-refractivity contribution >= 4 is 33.4 Å². The van der Waals surface area contributed by atoms with E-state index in [-0.39, 0.29) is 24.2 Å². The average Bonchev–Trinajstić information content (AvgIpc) is 3.13. The second-order valence-corrected chi connectivity index (χ2v) is 7.45. The Labute approximate surface area is 160 Å². The van der Waals surface area contributed by atoms with Gasteiger partial charge in [0.05, 0.1) is 12.0 Å². The van der Waals surface area contributed by atoms with E-state index in [4.69, 9.17) is 0 Å². The van der Waals surface area contributed by atoms with Gasteiger partial charge in [0.2, 0.25) is 11.8 Å². The van der Waals surface area contributed by atoms with Gasteiger partial charge in [0.25, 0.3) is 0 Å². The molecule has 6 heteroatoms. The van der Waals surface area contributed by atoms with Gasteiger partial charge in [-0.3, -0.25) is 9.59 Å². The van der Waals surface area contributed by atoms with Crippen molar-refractivity contribution in [2.75, 3.05) is 11.9 Å². The lowest BCUT2D eigenvalue weighted by atomic mass is 9.78. The molecule has 0 aromatic heterocycles. The highest BCUT2D eigenvalue weighted by Gasteiger charge is 2.42. The van der Waals surface area contributed by atoms with Crippen LogP contribution in [0.1, 0.15) is 31.2 Å². The third-order valence-corrected chi connectivity index (χ3v) is 5.34. The summed E-state index contributed by atoms with van der Waals surface area (Å²) in [5.41, 5.74) is 0.592. The molecule has 1 fully saturated rings. The van der Waals surface area contributed by atoms with Crippen molar-refractivity contribution in [1.29, 1.82) is 0 Å². The van der Waals surface area contributed by atoms with Gasteiger partial charge < -0.3 is 10.6 Å². The van der Waals surface area contributed by atoms with Gasteiger partial charge in [-0.15, -0.1) is 0 Å². The molecule has 2 aromatic rings. The highest BCUT2D eigenvalue weighted by molar-refractivity contribution is 9.10. The predicted molar refractivity (Wildman–Crippen MR) is 102 cm³/mol. The Bertz CT molecular complexity index is 802. The predicted octanol–water partition coefficient (Wildman–Crippen LogP) is 4.15. The van der Waals surface area contributed by atoms with Gasteiger partial charge in [-0.1, -0.05) is 40.9 Å². The lowest BCUT2D eigenvalue weighted by Crippen LogP contribution is -2.45. The fourth-order valence-corrected chi connectivity index (χ4v) is 3.74. The van der Waals surface area contributed by atoms with Crippen LogP contribution in [0.2, 0.25) is 0 Å². The van der Waals surface area contributed by atoms with Gasteiger partial charge in [-0.2, -0.15) is 0 Å². The lowest BCUT2D eigenvalue weighted by Gasteiger charge is -2.28. The summed E-state index contributed by atoms with van der Waals surface area (Å²) in [5.74, 6) is -0.867. The van der Waals surface area contributed by atoms with Crippen molar-refractivity contribution in [3.8, 4) is 0 Å². The molecule has 3 rings (SSSR count). The first-order valence-electron chi connectivity index (χ1n) is 8.59. The number of hydrogen-bond donors (Lipinski definition) is 2. The summed E-state index contributed by atoms with van der Waals surface area (Å²) in [6, 6.07) is 13.4. The van der Waals surface area contributed by atoms with Crippen molar-refractivity contribution in [2.24, 2.45) is 0 Å². The first kappa shape index (κ1) is 18.6. The summed E-state index contributed by atoms with van der Waals surface area (Å²) >= 11 is 3.34. The van der Waals surface area contributed by atoms with Crippen LogP contribution in [-0.4, -0.2) is 18.4 Å². The first-order valence-corrected chi connectivity index (χ1v) is 9.39. The Morgan fingerprint density at radius 3 is 2.42 bits per heavy atom. The maximum Gasteiger partial charge on any atom is 0.243 e. The second kappa shape index (κ2) is 7.99. The first-order chi connectivity index (χ1) is 12.5. The van der Waals surface area contributed by atoms with Crippen LogP contribution in [0.25, 0.3) is 0 Å². The van der Waals surface area contributed by atoms with Crippen LogP contribution in [0.4, 0.5) is 10.1 Å².